The summed E-state index contributed by atoms with van der Waals surface area (Å²) in [4.78, 5) is 14.1. The molecule has 92 valence electrons. The molecule has 0 aromatic carbocycles. The van der Waals surface area contributed by atoms with Gasteiger partial charge in [-0.1, -0.05) is 6.92 Å². The molecule has 16 heavy (non-hydrogen) atoms. The van der Waals surface area contributed by atoms with Gasteiger partial charge in [-0.2, -0.15) is 0 Å². The minimum atomic E-state index is 0.0324. The van der Waals surface area contributed by atoms with Gasteiger partial charge in [-0.05, 0) is 31.2 Å². The minimum Gasteiger partial charge on any atom is -0.396 e. The Morgan fingerprint density at radius 3 is 2.69 bits per heavy atom. The van der Waals surface area contributed by atoms with Crippen molar-refractivity contribution in [2.45, 2.75) is 26.2 Å². The number of aliphatic hydroxyl groups excluding tert-OH is 1. The third-order valence-corrected chi connectivity index (χ3v) is 4.07. The second kappa shape index (κ2) is 4.72. The fraction of sp³-hybridized carbons (Fsp3) is 0.917. The van der Waals surface area contributed by atoms with Gasteiger partial charge in [0.05, 0.1) is 5.92 Å². The van der Waals surface area contributed by atoms with E-state index in [-0.39, 0.29) is 17.9 Å². The molecule has 0 unspecified atom stereocenters. The average Bonchev–Trinajstić information content (AvgIpc) is 2.83. The van der Waals surface area contributed by atoms with Crippen molar-refractivity contribution >= 4 is 5.91 Å². The Morgan fingerprint density at radius 1 is 1.50 bits per heavy atom. The lowest BCUT2D eigenvalue weighted by Gasteiger charge is -2.39. The van der Waals surface area contributed by atoms with Gasteiger partial charge in [0.1, 0.15) is 0 Å². The van der Waals surface area contributed by atoms with E-state index >= 15 is 0 Å². The summed E-state index contributed by atoms with van der Waals surface area (Å²) in [5, 5.41) is 12.5. The van der Waals surface area contributed by atoms with Gasteiger partial charge < -0.3 is 15.3 Å². The Kier molecular flexibility index (Phi) is 3.50. The van der Waals surface area contributed by atoms with Crippen LogP contribution in [0, 0.1) is 11.3 Å². The van der Waals surface area contributed by atoms with Crippen molar-refractivity contribution in [3.63, 3.8) is 0 Å². The molecule has 2 rings (SSSR count). The molecule has 2 aliphatic rings. The highest BCUT2D eigenvalue weighted by molar-refractivity contribution is 5.79. The number of carbonyl (C=O) groups is 1. The predicted molar refractivity (Wildman–Crippen MR) is 62.0 cm³/mol. The summed E-state index contributed by atoms with van der Waals surface area (Å²) < 4.78 is 0. The van der Waals surface area contributed by atoms with E-state index in [0.29, 0.717) is 5.91 Å². The zero-order valence-corrected chi connectivity index (χ0v) is 10.0. The van der Waals surface area contributed by atoms with Gasteiger partial charge in [0.25, 0.3) is 0 Å². The molecule has 0 aromatic heterocycles. The number of rotatable bonds is 2. The molecule has 0 saturated carbocycles. The first kappa shape index (κ1) is 11.9. The highest BCUT2D eigenvalue weighted by Gasteiger charge is 2.34. The normalized spacial score (nSPS) is 29.4. The number of hydrogen-bond acceptors (Lipinski definition) is 3. The first-order chi connectivity index (χ1) is 7.64. The highest BCUT2D eigenvalue weighted by Crippen LogP contribution is 2.30. The summed E-state index contributed by atoms with van der Waals surface area (Å²) in [6.07, 6.45) is 2.83. The molecular formula is C12H22N2O2. The number of aliphatic hydroxyl groups is 1. The summed E-state index contributed by atoms with van der Waals surface area (Å²) in [6, 6.07) is 0. The van der Waals surface area contributed by atoms with Gasteiger partial charge in [0.15, 0.2) is 0 Å². The first-order valence-electron chi connectivity index (χ1n) is 6.25. The van der Waals surface area contributed by atoms with E-state index in [0.717, 1.165) is 45.4 Å². The number of amides is 1. The molecule has 0 radical (unpaired) electrons. The van der Waals surface area contributed by atoms with Gasteiger partial charge in [0, 0.05) is 26.2 Å². The SMILES string of the molecule is CC1(CO)CCN(C(=O)[C@H]2CCNC2)CC1. The maximum atomic E-state index is 12.1. The number of nitrogens with zero attached hydrogens (tertiary/aromatic N) is 1. The molecule has 4 nitrogen and oxygen atoms in total. The molecule has 2 aliphatic heterocycles. The Bertz CT molecular complexity index is 254. The van der Waals surface area contributed by atoms with Crippen molar-refractivity contribution in [2.75, 3.05) is 32.8 Å². The van der Waals surface area contributed by atoms with Crippen LogP contribution in [-0.4, -0.2) is 48.7 Å². The van der Waals surface area contributed by atoms with E-state index < -0.39 is 0 Å². The molecule has 2 heterocycles. The standard InChI is InChI=1S/C12H22N2O2/c1-12(9-15)3-6-14(7-4-12)11(16)10-2-5-13-8-10/h10,13,15H,2-9H2,1H3/t10-/m0/s1. The molecule has 0 bridgehead atoms. The zero-order valence-electron chi connectivity index (χ0n) is 10.0. The lowest BCUT2D eigenvalue weighted by Crippen LogP contribution is -2.46. The van der Waals surface area contributed by atoms with Gasteiger partial charge in [-0.15, -0.1) is 0 Å². The van der Waals surface area contributed by atoms with Crippen LogP contribution in [0.15, 0.2) is 0 Å². The van der Waals surface area contributed by atoms with Gasteiger partial charge >= 0.3 is 0 Å². The van der Waals surface area contributed by atoms with E-state index in [1.165, 1.54) is 0 Å². The molecule has 0 aromatic rings. The smallest absolute Gasteiger partial charge is 0.227 e. The van der Waals surface area contributed by atoms with Gasteiger partial charge in [-0.25, -0.2) is 0 Å². The largest absolute Gasteiger partial charge is 0.396 e. The van der Waals surface area contributed by atoms with E-state index in [2.05, 4.69) is 12.2 Å². The average molecular weight is 226 g/mol. The van der Waals surface area contributed by atoms with Crippen LogP contribution in [0.3, 0.4) is 0 Å². The number of nitrogens with one attached hydrogen (secondary N) is 1. The lowest BCUT2D eigenvalue weighted by molar-refractivity contribution is -0.137. The molecule has 2 fully saturated rings. The summed E-state index contributed by atoms with van der Waals surface area (Å²) in [5.41, 5.74) is 0.0324. The van der Waals surface area contributed by atoms with Crippen LogP contribution in [0.4, 0.5) is 0 Å². The van der Waals surface area contributed by atoms with E-state index in [9.17, 15) is 9.90 Å². The van der Waals surface area contributed by atoms with Gasteiger partial charge in [0.2, 0.25) is 5.91 Å². The topological polar surface area (TPSA) is 52.6 Å². The van der Waals surface area contributed by atoms with Crippen molar-refractivity contribution < 1.29 is 9.90 Å². The van der Waals surface area contributed by atoms with Crippen LogP contribution in [-0.2, 0) is 4.79 Å². The second-order valence-electron chi connectivity index (χ2n) is 5.48. The van der Waals surface area contributed by atoms with Crippen molar-refractivity contribution in [1.29, 1.82) is 0 Å². The third-order valence-electron chi connectivity index (χ3n) is 4.07. The molecule has 0 spiro atoms. The van der Waals surface area contributed by atoms with Crippen LogP contribution in [0.5, 0.6) is 0 Å². The second-order valence-corrected chi connectivity index (χ2v) is 5.48. The molecule has 0 aliphatic carbocycles. The summed E-state index contributed by atoms with van der Waals surface area (Å²) in [5.74, 6) is 0.503. The molecule has 1 atom stereocenters. The zero-order chi connectivity index (χ0) is 11.6. The fourth-order valence-corrected chi connectivity index (χ4v) is 2.55. The highest BCUT2D eigenvalue weighted by atomic mass is 16.3. The van der Waals surface area contributed by atoms with Crippen LogP contribution >= 0.6 is 0 Å². The number of likely N-dealkylation sites (tertiary alicyclic amines) is 1. The summed E-state index contributed by atoms with van der Waals surface area (Å²) in [6.45, 7) is 5.77. The van der Waals surface area contributed by atoms with Crippen LogP contribution in [0.2, 0.25) is 0 Å². The van der Waals surface area contributed by atoms with Gasteiger partial charge in [-0.3, -0.25) is 4.79 Å². The summed E-state index contributed by atoms with van der Waals surface area (Å²) >= 11 is 0. The third kappa shape index (κ3) is 2.38. The molecule has 4 heteroatoms. The van der Waals surface area contributed by atoms with Crippen LogP contribution < -0.4 is 5.32 Å². The molecular weight excluding hydrogens is 204 g/mol. The van der Waals surface area contributed by atoms with E-state index in [1.807, 2.05) is 4.90 Å². The van der Waals surface area contributed by atoms with Crippen LogP contribution in [0.1, 0.15) is 26.2 Å². The van der Waals surface area contributed by atoms with E-state index in [1.54, 1.807) is 0 Å². The molecule has 2 saturated heterocycles. The Morgan fingerprint density at radius 2 is 2.19 bits per heavy atom. The maximum Gasteiger partial charge on any atom is 0.227 e. The number of piperidine rings is 1. The fourth-order valence-electron chi connectivity index (χ4n) is 2.55. The summed E-state index contributed by atoms with van der Waals surface area (Å²) in [7, 11) is 0. The first-order valence-corrected chi connectivity index (χ1v) is 6.25. The Balaban J connectivity index is 1.86. The minimum absolute atomic E-state index is 0.0324. The number of hydrogen-bond donors (Lipinski definition) is 2. The monoisotopic (exact) mass is 226 g/mol. The lowest BCUT2D eigenvalue weighted by atomic mass is 9.81. The van der Waals surface area contributed by atoms with Crippen molar-refractivity contribution in [3.8, 4) is 0 Å². The predicted octanol–water partition coefficient (Wildman–Crippen LogP) is 0.217. The Hall–Kier alpha value is -0.610. The molecule has 2 N–H and O–H groups in total. The van der Waals surface area contributed by atoms with Crippen molar-refractivity contribution in [1.82, 2.24) is 10.2 Å². The van der Waals surface area contributed by atoms with Crippen molar-refractivity contribution in [2.24, 2.45) is 11.3 Å². The molecule has 1 amide bonds. The quantitative estimate of drug-likeness (QED) is 0.708. The number of carbonyl (C=O) groups excluding carboxylic acids is 1. The van der Waals surface area contributed by atoms with E-state index in [4.69, 9.17) is 0 Å². The maximum absolute atomic E-state index is 12.1. The Labute approximate surface area is 97.0 Å². The van der Waals surface area contributed by atoms with Crippen molar-refractivity contribution in [3.05, 3.63) is 0 Å². The van der Waals surface area contributed by atoms with Crippen LogP contribution in [0.25, 0.3) is 0 Å².